The predicted molar refractivity (Wildman–Crippen MR) is 77.1 cm³/mol. The number of rotatable bonds is 3. The van der Waals surface area contributed by atoms with Gasteiger partial charge < -0.3 is 9.47 Å². The summed E-state index contributed by atoms with van der Waals surface area (Å²) in [7, 11) is -3.71. The van der Waals surface area contributed by atoms with Gasteiger partial charge in [0.05, 0.1) is 18.1 Å². The minimum atomic E-state index is -3.71. The van der Waals surface area contributed by atoms with Gasteiger partial charge in [-0.2, -0.15) is 0 Å². The number of aromatic nitrogens is 1. The Morgan fingerprint density at radius 1 is 1.05 bits per heavy atom. The maximum atomic E-state index is 12.3. The first-order valence-electron chi connectivity index (χ1n) is 6.49. The van der Waals surface area contributed by atoms with Crippen LogP contribution >= 0.6 is 0 Å². The van der Waals surface area contributed by atoms with Gasteiger partial charge in [-0.25, -0.2) is 13.4 Å². The zero-order valence-corrected chi connectivity index (χ0v) is 12.0. The number of sulfonamides is 1. The Labute approximate surface area is 122 Å². The first-order chi connectivity index (χ1) is 10.1. The van der Waals surface area contributed by atoms with E-state index in [1.54, 1.807) is 24.3 Å². The van der Waals surface area contributed by atoms with Gasteiger partial charge in [0.25, 0.3) is 10.0 Å². The molecule has 0 saturated heterocycles. The van der Waals surface area contributed by atoms with E-state index >= 15 is 0 Å². The smallest absolute Gasteiger partial charge is 0.263 e. The molecule has 0 radical (unpaired) electrons. The number of nitrogens with zero attached hydrogens (tertiary/aromatic N) is 1. The van der Waals surface area contributed by atoms with E-state index < -0.39 is 10.0 Å². The summed E-state index contributed by atoms with van der Waals surface area (Å²) < 4.78 is 38.1. The van der Waals surface area contributed by atoms with Gasteiger partial charge in [-0.05, 0) is 24.3 Å². The van der Waals surface area contributed by atoms with Gasteiger partial charge in [0.2, 0.25) is 0 Å². The third-order valence-corrected chi connectivity index (χ3v) is 4.29. The number of hydrogen-bond acceptors (Lipinski definition) is 5. The summed E-state index contributed by atoms with van der Waals surface area (Å²) in [4.78, 5) is 4.05. The normalized spacial score (nSPS) is 14.3. The van der Waals surface area contributed by atoms with E-state index in [1.807, 2.05) is 0 Å². The summed E-state index contributed by atoms with van der Waals surface area (Å²) in [5.74, 6) is 1.27. The second-order valence-electron chi connectivity index (χ2n) is 4.48. The molecule has 1 aromatic heterocycles. The molecule has 1 aliphatic rings. The molecule has 21 heavy (non-hydrogen) atoms. The van der Waals surface area contributed by atoms with Crippen molar-refractivity contribution in [2.75, 3.05) is 17.9 Å². The Morgan fingerprint density at radius 2 is 1.86 bits per heavy atom. The van der Waals surface area contributed by atoms with E-state index in [9.17, 15) is 8.42 Å². The van der Waals surface area contributed by atoms with Crippen molar-refractivity contribution < 1.29 is 17.9 Å². The van der Waals surface area contributed by atoms with Crippen molar-refractivity contribution in [3.05, 3.63) is 42.6 Å². The average molecular weight is 306 g/mol. The lowest BCUT2D eigenvalue weighted by Crippen LogP contribution is -2.14. The number of nitrogens with one attached hydrogen (secondary N) is 1. The van der Waals surface area contributed by atoms with Crippen LogP contribution < -0.4 is 14.2 Å². The summed E-state index contributed by atoms with van der Waals surface area (Å²) in [6.07, 6.45) is 2.29. The van der Waals surface area contributed by atoms with Crippen LogP contribution in [-0.4, -0.2) is 26.6 Å². The molecule has 0 fully saturated rings. The van der Waals surface area contributed by atoms with Crippen LogP contribution in [0.1, 0.15) is 6.42 Å². The summed E-state index contributed by atoms with van der Waals surface area (Å²) in [6.45, 7) is 1.06. The lowest BCUT2D eigenvalue weighted by Gasteiger charge is -2.11. The molecule has 1 N–H and O–H groups in total. The quantitative estimate of drug-likeness (QED) is 0.939. The third kappa shape index (κ3) is 3.08. The summed E-state index contributed by atoms with van der Waals surface area (Å²) in [5, 5.41) is 0. The molecule has 0 atom stereocenters. The first kappa shape index (κ1) is 13.7. The van der Waals surface area contributed by atoms with E-state index in [0.717, 1.165) is 6.42 Å². The Kier molecular flexibility index (Phi) is 3.66. The molecular formula is C14H14N2O4S. The molecule has 0 saturated carbocycles. The number of benzene rings is 1. The summed E-state index contributed by atoms with van der Waals surface area (Å²) in [6, 6.07) is 9.56. The minimum absolute atomic E-state index is 0.109. The Bertz CT molecular complexity index is 732. The van der Waals surface area contributed by atoms with Gasteiger partial charge in [0, 0.05) is 18.7 Å². The Balaban J connectivity index is 1.90. The molecule has 1 aromatic carbocycles. The number of hydrogen-bond donors (Lipinski definition) is 1. The van der Waals surface area contributed by atoms with E-state index in [1.165, 1.54) is 18.3 Å². The van der Waals surface area contributed by atoms with Gasteiger partial charge in [0.1, 0.15) is 5.82 Å². The number of fused-ring (bicyclic) bond motifs is 1. The second-order valence-corrected chi connectivity index (χ2v) is 6.16. The van der Waals surface area contributed by atoms with Crippen molar-refractivity contribution in [2.24, 2.45) is 0 Å². The monoisotopic (exact) mass is 306 g/mol. The van der Waals surface area contributed by atoms with Crippen LogP contribution in [0.2, 0.25) is 0 Å². The standard InChI is InChI=1S/C14H14N2O4S/c17-21(18,16-14-4-1-2-7-15-14)11-5-6-12-13(10-11)20-9-3-8-19-12/h1-2,4-7,10H,3,8-9H2,(H,15,16). The van der Waals surface area contributed by atoms with Crippen molar-refractivity contribution in [2.45, 2.75) is 11.3 Å². The molecule has 0 bridgehead atoms. The van der Waals surface area contributed by atoms with Gasteiger partial charge in [-0.3, -0.25) is 4.72 Å². The number of ether oxygens (including phenoxy) is 2. The highest BCUT2D eigenvalue weighted by molar-refractivity contribution is 7.92. The highest BCUT2D eigenvalue weighted by Gasteiger charge is 2.19. The largest absolute Gasteiger partial charge is 0.490 e. The van der Waals surface area contributed by atoms with Crippen molar-refractivity contribution in [1.29, 1.82) is 0 Å². The fraction of sp³-hybridized carbons (Fsp3) is 0.214. The highest BCUT2D eigenvalue weighted by atomic mass is 32.2. The van der Waals surface area contributed by atoms with Crippen molar-refractivity contribution >= 4 is 15.8 Å². The lowest BCUT2D eigenvalue weighted by molar-refractivity contribution is 0.297. The SMILES string of the molecule is O=S(=O)(Nc1ccccn1)c1ccc2c(c1)OCCCO2. The molecule has 0 aliphatic carbocycles. The average Bonchev–Trinajstić information content (AvgIpc) is 2.72. The van der Waals surface area contributed by atoms with Gasteiger partial charge in [-0.1, -0.05) is 6.07 Å². The van der Waals surface area contributed by atoms with Gasteiger partial charge in [0.15, 0.2) is 11.5 Å². The molecular weight excluding hydrogens is 292 g/mol. The summed E-state index contributed by atoms with van der Waals surface area (Å²) >= 11 is 0. The molecule has 1 aliphatic heterocycles. The van der Waals surface area contributed by atoms with E-state index in [0.29, 0.717) is 24.7 Å². The Hall–Kier alpha value is -2.28. The van der Waals surface area contributed by atoms with Crippen LogP contribution in [-0.2, 0) is 10.0 Å². The van der Waals surface area contributed by atoms with E-state index in [4.69, 9.17) is 9.47 Å². The van der Waals surface area contributed by atoms with Crippen LogP contribution in [0.15, 0.2) is 47.5 Å². The molecule has 2 heterocycles. The van der Waals surface area contributed by atoms with Crippen molar-refractivity contribution in [3.63, 3.8) is 0 Å². The molecule has 0 amide bonds. The molecule has 2 aromatic rings. The maximum absolute atomic E-state index is 12.3. The lowest BCUT2D eigenvalue weighted by atomic mass is 10.3. The number of anilines is 1. The predicted octanol–water partition coefficient (Wildman–Crippen LogP) is 2.04. The van der Waals surface area contributed by atoms with Crippen LogP contribution in [0.4, 0.5) is 5.82 Å². The van der Waals surface area contributed by atoms with Crippen LogP contribution in [0.5, 0.6) is 11.5 Å². The Morgan fingerprint density at radius 3 is 2.62 bits per heavy atom. The van der Waals surface area contributed by atoms with E-state index in [-0.39, 0.29) is 10.7 Å². The highest BCUT2D eigenvalue weighted by Crippen LogP contribution is 2.32. The summed E-state index contributed by atoms with van der Waals surface area (Å²) in [5.41, 5.74) is 0. The zero-order chi connectivity index (χ0) is 14.7. The topological polar surface area (TPSA) is 77.5 Å². The van der Waals surface area contributed by atoms with E-state index in [2.05, 4.69) is 9.71 Å². The fourth-order valence-electron chi connectivity index (χ4n) is 1.93. The molecule has 7 heteroatoms. The number of pyridine rings is 1. The van der Waals surface area contributed by atoms with Gasteiger partial charge in [-0.15, -0.1) is 0 Å². The molecule has 6 nitrogen and oxygen atoms in total. The molecule has 3 rings (SSSR count). The van der Waals surface area contributed by atoms with Crippen molar-refractivity contribution in [1.82, 2.24) is 4.98 Å². The van der Waals surface area contributed by atoms with Crippen LogP contribution in [0, 0.1) is 0 Å². The minimum Gasteiger partial charge on any atom is -0.490 e. The second kappa shape index (κ2) is 5.61. The first-order valence-corrected chi connectivity index (χ1v) is 7.97. The molecule has 0 unspecified atom stereocenters. The fourth-order valence-corrected chi connectivity index (χ4v) is 2.95. The van der Waals surface area contributed by atoms with Crippen LogP contribution in [0.3, 0.4) is 0 Å². The van der Waals surface area contributed by atoms with Gasteiger partial charge >= 0.3 is 0 Å². The maximum Gasteiger partial charge on any atom is 0.263 e. The van der Waals surface area contributed by atoms with Crippen LogP contribution in [0.25, 0.3) is 0 Å². The molecule has 0 spiro atoms. The zero-order valence-electron chi connectivity index (χ0n) is 11.2. The third-order valence-electron chi connectivity index (χ3n) is 2.93. The molecule has 110 valence electrons. The van der Waals surface area contributed by atoms with Crippen molar-refractivity contribution in [3.8, 4) is 11.5 Å².